The highest BCUT2D eigenvalue weighted by Crippen LogP contribution is 2.18. The Kier molecular flexibility index (Phi) is 2.89. The molecule has 2 aromatic rings. The Bertz CT molecular complexity index is 466. The molecule has 2 rings (SSSR count). The summed E-state index contributed by atoms with van der Waals surface area (Å²) in [5, 5.41) is 8.39. The van der Waals surface area contributed by atoms with Crippen LogP contribution < -0.4 is 0 Å². The van der Waals surface area contributed by atoms with E-state index in [2.05, 4.69) is 20.1 Å². The first kappa shape index (κ1) is 11.0. The summed E-state index contributed by atoms with van der Waals surface area (Å²) in [6.45, 7) is 0. The lowest BCUT2D eigenvalue weighted by molar-refractivity contribution is 0.0540. The number of hydrogen-bond acceptors (Lipinski definition) is 4. The Labute approximate surface area is 95.3 Å². The van der Waals surface area contributed by atoms with Crippen LogP contribution in [0.15, 0.2) is 24.3 Å². The van der Waals surface area contributed by atoms with Gasteiger partial charge in [-0.05, 0) is 40.3 Å². The smallest absolute Gasteiger partial charge is 0.161 e. The number of nitrogens with zero attached hydrogens (tertiary/aromatic N) is 5. The van der Waals surface area contributed by atoms with Crippen LogP contribution in [0.4, 0.5) is 0 Å². The van der Waals surface area contributed by atoms with Crippen molar-refractivity contribution in [2.75, 3.05) is 28.2 Å². The molecule has 0 unspecified atom stereocenters. The van der Waals surface area contributed by atoms with Gasteiger partial charge in [-0.3, -0.25) is 9.80 Å². The van der Waals surface area contributed by atoms with Gasteiger partial charge in [-0.2, -0.15) is 0 Å². The van der Waals surface area contributed by atoms with E-state index in [1.54, 1.807) is 0 Å². The fourth-order valence-electron chi connectivity index (χ4n) is 1.96. The van der Waals surface area contributed by atoms with Crippen LogP contribution in [-0.4, -0.2) is 53.0 Å². The van der Waals surface area contributed by atoms with E-state index in [1.807, 2.05) is 57.1 Å². The van der Waals surface area contributed by atoms with E-state index >= 15 is 0 Å². The van der Waals surface area contributed by atoms with Crippen molar-refractivity contribution in [1.29, 1.82) is 0 Å². The molecule has 1 heterocycles. The number of para-hydroxylation sites is 1. The molecular weight excluding hydrogens is 202 g/mol. The molecule has 0 aliphatic carbocycles. The predicted molar refractivity (Wildman–Crippen MR) is 63.9 cm³/mol. The average molecular weight is 219 g/mol. The molecule has 0 saturated heterocycles. The molecule has 86 valence electrons. The molecule has 1 aromatic heterocycles. The summed E-state index contributed by atoms with van der Waals surface area (Å²) in [7, 11) is 8.12. The normalized spacial score (nSPS) is 12.2. The molecule has 0 aliphatic heterocycles. The molecule has 0 amide bonds. The highest BCUT2D eigenvalue weighted by molar-refractivity contribution is 5.73. The Balaban J connectivity index is 2.53. The zero-order chi connectivity index (χ0) is 11.7. The molecule has 0 saturated carbocycles. The average Bonchev–Trinajstić information content (AvgIpc) is 2.61. The van der Waals surface area contributed by atoms with Crippen molar-refractivity contribution in [3.63, 3.8) is 0 Å². The van der Waals surface area contributed by atoms with Gasteiger partial charge >= 0.3 is 0 Å². The fraction of sp³-hybridized carbons (Fsp3) is 0.455. The number of aromatic nitrogens is 3. The molecule has 16 heavy (non-hydrogen) atoms. The van der Waals surface area contributed by atoms with Crippen molar-refractivity contribution >= 4 is 11.0 Å². The van der Waals surface area contributed by atoms with E-state index in [0.29, 0.717) is 0 Å². The third-order valence-corrected chi connectivity index (χ3v) is 2.52. The topological polar surface area (TPSA) is 37.2 Å². The van der Waals surface area contributed by atoms with Gasteiger partial charge in [0.25, 0.3) is 0 Å². The van der Waals surface area contributed by atoms with Gasteiger partial charge in [-0.25, -0.2) is 4.68 Å². The second kappa shape index (κ2) is 4.19. The number of hydrogen-bond donors (Lipinski definition) is 0. The van der Waals surface area contributed by atoms with Gasteiger partial charge in [-0.1, -0.05) is 17.3 Å². The highest BCUT2D eigenvalue weighted by Gasteiger charge is 2.19. The highest BCUT2D eigenvalue weighted by atomic mass is 15.6. The maximum absolute atomic E-state index is 4.22. The summed E-state index contributed by atoms with van der Waals surface area (Å²) in [5.41, 5.74) is 1.98. The first-order valence-electron chi connectivity index (χ1n) is 5.24. The lowest BCUT2D eigenvalue weighted by Gasteiger charge is -2.30. The molecule has 5 nitrogen and oxygen atoms in total. The van der Waals surface area contributed by atoms with Gasteiger partial charge in [0.1, 0.15) is 5.52 Å². The van der Waals surface area contributed by atoms with E-state index in [1.165, 1.54) is 0 Å². The van der Waals surface area contributed by atoms with E-state index < -0.39 is 0 Å². The standard InChI is InChI=1S/C11H17N5/c1-14(2)11(15(3)4)16-10-8-6-5-7-9(10)12-13-16/h5-8,11H,1-4H3. The zero-order valence-corrected chi connectivity index (χ0v) is 10.1. The Hall–Kier alpha value is -1.46. The van der Waals surface area contributed by atoms with Crippen LogP contribution >= 0.6 is 0 Å². The van der Waals surface area contributed by atoms with E-state index in [0.717, 1.165) is 11.0 Å². The van der Waals surface area contributed by atoms with Crippen molar-refractivity contribution in [3.8, 4) is 0 Å². The van der Waals surface area contributed by atoms with Crippen molar-refractivity contribution in [2.24, 2.45) is 0 Å². The number of rotatable bonds is 3. The lowest BCUT2D eigenvalue weighted by Crippen LogP contribution is -2.37. The minimum Gasteiger partial charge on any atom is -0.275 e. The summed E-state index contributed by atoms with van der Waals surface area (Å²) in [6.07, 6.45) is 0.0763. The van der Waals surface area contributed by atoms with Gasteiger partial charge in [-0.15, -0.1) is 5.10 Å². The van der Waals surface area contributed by atoms with Crippen molar-refractivity contribution in [1.82, 2.24) is 24.8 Å². The fourth-order valence-corrected chi connectivity index (χ4v) is 1.96. The summed E-state index contributed by atoms with van der Waals surface area (Å²) >= 11 is 0. The molecule has 5 heteroatoms. The molecular formula is C11H17N5. The van der Waals surface area contributed by atoms with E-state index in [4.69, 9.17) is 0 Å². The SMILES string of the molecule is CN(C)C(N(C)C)n1nnc2ccccc21. The third kappa shape index (κ3) is 1.79. The van der Waals surface area contributed by atoms with E-state index in [-0.39, 0.29) is 6.29 Å². The third-order valence-electron chi connectivity index (χ3n) is 2.52. The zero-order valence-electron chi connectivity index (χ0n) is 10.1. The second-order valence-electron chi connectivity index (χ2n) is 4.30. The molecule has 0 radical (unpaired) electrons. The lowest BCUT2D eigenvalue weighted by atomic mass is 10.3. The van der Waals surface area contributed by atoms with Crippen LogP contribution in [0, 0.1) is 0 Å². The molecule has 0 aliphatic rings. The molecule has 1 aromatic carbocycles. The Morgan fingerprint density at radius 1 is 1.06 bits per heavy atom. The monoisotopic (exact) mass is 219 g/mol. The largest absolute Gasteiger partial charge is 0.275 e. The summed E-state index contributed by atoms with van der Waals surface area (Å²) < 4.78 is 1.93. The summed E-state index contributed by atoms with van der Waals surface area (Å²) in [5.74, 6) is 0. The first-order chi connectivity index (χ1) is 7.61. The Morgan fingerprint density at radius 3 is 2.31 bits per heavy atom. The van der Waals surface area contributed by atoms with Crippen molar-refractivity contribution in [2.45, 2.75) is 6.29 Å². The van der Waals surface area contributed by atoms with Crippen LogP contribution in [-0.2, 0) is 0 Å². The van der Waals surface area contributed by atoms with Crippen molar-refractivity contribution in [3.05, 3.63) is 24.3 Å². The molecule has 0 atom stereocenters. The van der Waals surface area contributed by atoms with Gasteiger partial charge in [0.05, 0.1) is 5.52 Å². The number of fused-ring (bicyclic) bond motifs is 1. The van der Waals surface area contributed by atoms with Crippen molar-refractivity contribution < 1.29 is 0 Å². The van der Waals surface area contributed by atoms with Gasteiger partial charge in [0, 0.05) is 0 Å². The van der Waals surface area contributed by atoms with Crippen LogP contribution in [0.5, 0.6) is 0 Å². The molecule has 0 fully saturated rings. The molecule has 0 spiro atoms. The summed E-state index contributed by atoms with van der Waals surface area (Å²) in [4.78, 5) is 4.20. The minimum atomic E-state index is 0.0763. The number of benzene rings is 1. The minimum absolute atomic E-state index is 0.0763. The quantitative estimate of drug-likeness (QED) is 0.722. The maximum atomic E-state index is 4.22. The van der Waals surface area contributed by atoms with Crippen LogP contribution in [0.25, 0.3) is 11.0 Å². The second-order valence-corrected chi connectivity index (χ2v) is 4.30. The van der Waals surface area contributed by atoms with Crippen LogP contribution in [0.2, 0.25) is 0 Å². The Morgan fingerprint density at radius 2 is 1.69 bits per heavy atom. The van der Waals surface area contributed by atoms with Crippen LogP contribution in [0.3, 0.4) is 0 Å². The summed E-state index contributed by atoms with van der Waals surface area (Å²) in [6, 6.07) is 7.99. The van der Waals surface area contributed by atoms with Gasteiger partial charge in [0.15, 0.2) is 6.29 Å². The molecule has 0 bridgehead atoms. The van der Waals surface area contributed by atoms with E-state index in [9.17, 15) is 0 Å². The first-order valence-corrected chi connectivity index (χ1v) is 5.24. The van der Waals surface area contributed by atoms with Crippen LogP contribution in [0.1, 0.15) is 6.29 Å². The maximum Gasteiger partial charge on any atom is 0.161 e. The van der Waals surface area contributed by atoms with Gasteiger partial charge < -0.3 is 0 Å². The van der Waals surface area contributed by atoms with Gasteiger partial charge in [0.2, 0.25) is 0 Å². The molecule has 0 N–H and O–H groups in total. The predicted octanol–water partition coefficient (Wildman–Crippen LogP) is 1.01.